The molecule has 0 spiro atoms. The molecule has 1 unspecified atom stereocenters. The second-order valence-corrected chi connectivity index (χ2v) is 3.65. The zero-order chi connectivity index (χ0) is 9.15. The molecule has 1 aromatic rings. The Balaban J connectivity index is 2.23. The third kappa shape index (κ3) is 1.49. The molecule has 0 aromatic carbocycles. The first-order chi connectivity index (χ1) is 6.37. The van der Waals surface area contributed by atoms with Crippen molar-refractivity contribution in [3.63, 3.8) is 0 Å². The predicted octanol–water partition coefficient (Wildman–Crippen LogP) is 1.21. The van der Waals surface area contributed by atoms with E-state index in [9.17, 15) is 0 Å². The van der Waals surface area contributed by atoms with Crippen LogP contribution in [0, 0.1) is 0 Å². The van der Waals surface area contributed by atoms with E-state index in [1.165, 1.54) is 12.8 Å². The maximum absolute atomic E-state index is 5.81. The Morgan fingerprint density at radius 2 is 2.46 bits per heavy atom. The Kier molecular flexibility index (Phi) is 2.38. The fraction of sp³-hybridized carbons (Fsp3) is 0.600. The first-order valence-electron chi connectivity index (χ1n) is 4.86. The van der Waals surface area contributed by atoms with Crippen LogP contribution in [0.2, 0.25) is 0 Å². The van der Waals surface area contributed by atoms with Gasteiger partial charge in [0.1, 0.15) is 5.76 Å². The van der Waals surface area contributed by atoms with Crippen molar-refractivity contribution in [3.8, 4) is 0 Å². The lowest BCUT2D eigenvalue weighted by Crippen LogP contribution is -2.50. The zero-order valence-corrected chi connectivity index (χ0v) is 7.75. The molecule has 0 aliphatic carbocycles. The van der Waals surface area contributed by atoms with E-state index in [-0.39, 0.29) is 5.54 Å². The second kappa shape index (κ2) is 3.52. The molecule has 1 fully saturated rings. The van der Waals surface area contributed by atoms with Crippen molar-refractivity contribution >= 4 is 0 Å². The molecular formula is C10H16N2O. The average Bonchev–Trinajstić information content (AvgIpc) is 2.72. The van der Waals surface area contributed by atoms with Crippen LogP contribution in [-0.2, 0) is 5.54 Å². The lowest BCUT2D eigenvalue weighted by atomic mass is 9.87. The van der Waals surface area contributed by atoms with Crippen LogP contribution in [-0.4, -0.2) is 13.1 Å². The van der Waals surface area contributed by atoms with Gasteiger partial charge in [-0.15, -0.1) is 0 Å². The van der Waals surface area contributed by atoms with Crippen molar-refractivity contribution in [2.75, 3.05) is 13.1 Å². The summed E-state index contributed by atoms with van der Waals surface area (Å²) in [7, 11) is 0. The van der Waals surface area contributed by atoms with Gasteiger partial charge >= 0.3 is 0 Å². The van der Waals surface area contributed by atoms with E-state index in [0.29, 0.717) is 6.54 Å². The monoisotopic (exact) mass is 180 g/mol. The lowest BCUT2D eigenvalue weighted by Gasteiger charge is -2.35. The van der Waals surface area contributed by atoms with Crippen LogP contribution in [0.5, 0.6) is 0 Å². The van der Waals surface area contributed by atoms with Crippen molar-refractivity contribution in [2.45, 2.75) is 24.8 Å². The molecule has 0 radical (unpaired) electrons. The van der Waals surface area contributed by atoms with E-state index in [0.717, 1.165) is 18.7 Å². The Morgan fingerprint density at radius 1 is 1.54 bits per heavy atom. The highest BCUT2D eigenvalue weighted by Crippen LogP contribution is 2.29. The molecule has 72 valence electrons. The van der Waals surface area contributed by atoms with Gasteiger partial charge < -0.3 is 15.5 Å². The normalized spacial score (nSPS) is 29.0. The smallest absolute Gasteiger partial charge is 0.125 e. The minimum atomic E-state index is -0.0955. The van der Waals surface area contributed by atoms with Crippen LogP contribution in [0.4, 0.5) is 0 Å². The summed E-state index contributed by atoms with van der Waals surface area (Å²) in [5.74, 6) is 0.981. The molecular weight excluding hydrogens is 164 g/mol. The molecule has 1 atom stereocenters. The highest BCUT2D eigenvalue weighted by molar-refractivity contribution is 5.14. The fourth-order valence-electron chi connectivity index (χ4n) is 2.00. The number of piperidine rings is 1. The molecule has 1 aliphatic rings. The molecule has 1 aliphatic heterocycles. The van der Waals surface area contributed by atoms with Gasteiger partial charge in [0.2, 0.25) is 0 Å². The van der Waals surface area contributed by atoms with E-state index in [4.69, 9.17) is 10.2 Å². The third-order valence-electron chi connectivity index (χ3n) is 2.84. The summed E-state index contributed by atoms with van der Waals surface area (Å²) in [5, 5.41) is 3.47. The van der Waals surface area contributed by atoms with E-state index >= 15 is 0 Å². The van der Waals surface area contributed by atoms with Crippen molar-refractivity contribution in [1.29, 1.82) is 0 Å². The van der Waals surface area contributed by atoms with Crippen molar-refractivity contribution in [2.24, 2.45) is 5.73 Å². The van der Waals surface area contributed by atoms with Gasteiger partial charge in [-0.25, -0.2) is 0 Å². The number of nitrogens with two attached hydrogens (primary N) is 1. The van der Waals surface area contributed by atoms with E-state index in [2.05, 4.69) is 5.32 Å². The molecule has 13 heavy (non-hydrogen) atoms. The summed E-state index contributed by atoms with van der Waals surface area (Å²) >= 11 is 0. The summed E-state index contributed by atoms with van der Waals surface area (Å²) in [6, 6.07) is 3.92. The number of hydrogen-bond donors (Lipinski definition) is 2. The van der Waals surface area contributed by atoms with Crippen LogP contribution >= 0.6 is 0 Å². The molecule has 3 N–H and O–H groups in total. The van der Waals surface area contributed by atoms with Gasteiger partial charge in [0.05, 0.1) is 11.8 Å². The minimum absolute atomic E-state index is 0.0955. The first kappa shape index (κ1) is 8.78. The summed E-state index contributed by atoms with van der Waals surface area (Å²) in [6.07, 6.45) is 5.26. The number of nitrogens with one attached hydrogen (secondary N) is 1. The van der Waals surface area contributed by atoms with Gasteiger partial charge in [-0.1, -0.05) is 0 Å². The third-order valence-corrected chi connectivity index (χ3v) is 2.84. The van der Waals surface area contributed by atoms with Crippen LogP contribution in [0.3, 0.4) is 0 Å². The van der Waals surface area contributed by atoms with Gasteiger partial charge in [0.15, 0.2) is 0 Å². The standard InChI is InChI=1S/C10H16N2O/c11-8-10(5-1-2-6-12-10)9-4-3-7-13-9/h3-4,7,12H,1-2,5-6,8,11H2. The molecule has 1 saturated heterocycles. The van der Waals surface area contributed by atoms with Crippen LogP contribution in [0.15, 0.2) is 22.8 Å². The van der Waals surface area contributed by atoms with E-state index in [1.54, 1.807) is 6.26 Å². The summed E-state index contributed by atoms with van der Waals surface area (Å²) in [4.78, 5) is 0. The van der Waals surface area contributed by atoms with E-state index < -0.39 is 0 Å². The predicted molar refractivity (Wildman–Crippen MR) is 51.3 cm³/mol. The van der Waals surface area contributed by atoms with Gasteiger partial charge in [-0.05, 0) is 37.9 Å². The summed E-state index contributed by atoms with van der Waals surface area (Å²) in [5.41, 5.74) is 5.71. The van der Waals surface area contributed by atoms with Crippen molar-refractivity contribution < 1.29 is 4.42 Å². The van der Waals surface area contributed by atoms with Gasteiger partial charge in [0.25, 0.3) is 0 Å². The zero-order valence-electron chi connectivity index (χ0n) is 7.75. The molecule has 0 bridgehead atoms. The molecule has 0 saturated carbocycles. The maximum atomic E-state index is 5.81. The quantitative estimate of drug-likeness (QED) is 0.719. The van der Waals surface area contributed by atoms with Gasteiger partial charge in [0, 0.05) is 6.54 Å². The van der Waals surface area contributed by atoms with Crippen LogP contribution in [0.25, 0.3) is 0 Å². The first-order valence-corrected chi connectivity index (χ1v) is 4.86. The molecule has 1 aromatic heterocycles. The molecule has 3 nitrogen and oxygen atoms in total. The number of furan rings is 1. The number of hydrogen-bond acceptors (Lipinski definition) is 3. The molecule has 2 heterocycles. The Hall–Kier alpha value is -0.800. The van der Waals surface area contributed by atoms with Gasteiger partial charge in [-0.3, -0.25) is 0 Å². The summed E-state index contributed by atoms with van der Waals surface area (Å²) in [6.45, 7) is 1.65. The van der Waals surface area contributed by atoms with E-state index in [1.807, 2.05) is 12.1 Å². The maximum Gasteiger partial charge on any atom is 0.125 e. The van der Waals surface area contributed by atoms with Crippen LogP contribution < -0.4 is 11.1 Å². The molecule has 0 amide bonds. The van der Waals surface area contributed by atoms with Crippen molar-refractivity contribution in [3.05, 3.63) is 24.2 Å². The molecule has 2 rings (SSSR count). The second-order valence-electron chi connectivity index (χ2n) is 3.65. The number of rotatable bonds is 2. The fourth-order valence-corrected chi connectivity index (χ4v) is 2.00. The lowest BCUT2D eigenvalue weighted by molar-refractivity contribution is 0.221. The molecule has 3 heteroatoms. The average molecular weight is 180 g/mol. The highest BCUT2D eigenvalue weighted by Gasteiger charge is 2.34. The van der Waals surface area contributed by atoms with Crippen LogP contribution in [0.1, 0.15) is 25.0 Å². The largest absolute Gasteiger partial charge is 0.467 e. The SMILES string of the molecule is NCC1(c2ccco2)CCCCN1. The highest BCUT2D eigenvalue weighted by atomic mass is 16.3. The van der Waals surface area contributed by atoms with Crippen molar-refractivity contribution in [1.82, 2.24) is 5.32 Å². The van der Waals surface area contributed by atoms with Gasteiger partial charge in [-0.2, -0.15) is 0 Å². The minimum Gasteiger partial charge on any atom is -0.467 e. The Morgan fingerprint density at radius 3 is 3.00 bits per heavy atom. The summed E-state index contributed by atoms with van der Waals surface area (Å²) < 4.78 is 5.42. The topological polar surface area (TPSA) is 51.2 Å². The Labute approximate surface area is 78.3 Å². The Bertz CT molecular complexity index is 250.